The molecule has 2 aromatic heterocycles. The summed E-state index contributed by atoms with van der Waals surface area (Å²) in [6.45, 7) is 4.30. The highest BCUT2D eigenvalue weighted by Crippen LogP contribution is 2.32. The van der Waals surface area contributed by atoms with E-state index < -0.39 is 0 Å². The van der Waals surface area contributed by atoms with Crippen LogP contribution < -0.4 is 5.73 Å². The van der Waals surface area contributed by atoms with E-state index in [-0.39, 0.29) is 0 Å². The average Bonchev–Trinajstić information content (AvgIpc) is 2.93. The third-order valence-electron chi connectivity index (χ3n) is 4.70. The maximum absolute atomic E-state index is 6.43. The van der Waals surface area contributed by atoms with Gasteiger partial charge in [-0.1, -0.05) is 55.8 Å². The number of pyridine rings is 1. The third-order valence-corrected chi connectivity index (χ3v) is 4.70. The van der Waals surface area contributed by atoms with E-state index >= 15 is 0 Å². The number of hydrogen-bond donors (Lipinski definition) is 1. The number of anilines is 1. The Kier molecular flexibility index (Phi) is 3.49. The summed E-state index contributed by atoms with van der Waals surface area (Å²) in [4.78, 5) is 4.91. The molecule has 2 N–H and O–H groups in total. The summed E-state index contributed by atoms with van der Waals surface area (Å²) in [7, 11) is 0. The lowest BCUT2D eigenvalue weighted by molar-refractivity contribution is 0.929. The van der Waals surface area contributed by atoms with Gasteiger partial charge in [0.15, 0.2) is 0 Å². The zero-order valence-corrected chi connectivity index (χ0v) is 14.1. The van der Waals surface area contributed by atoms with Crippen LogP contribution in [-0.4, -0.2) is 9.38 Å². The SMILES string of the molecule is CCCc1cccc2c1ccn1c(N)c(-c3ccccc3C)nc21. The molecule has 0 saturated carbocycles. The number of imidazole rings is 1. The Hall–Kier alpha value is -2.81. The molecule has 0 aliphatic rings. The Morgan fingerprint density at radius 2 is 1.83 bits per heavy atom. The number of hydrogen-bond acceptors (Lipinski definition) is 2. The number of nitrogens with two attached hydrogens (primary N) is 1. The van der Waals surface area contributed by atoms with Gasteiger partial charge in [0.1, 0.15) is 17.2 Å². The normalized spacial score (nSPS) is 11.4. The van der Waals surface area contributed by atoms with Gasteiger partial charge in [-0.2, -0.15) is 0 Å². The van der Waals surface area contributed by atoms with Crippen molar-refractivity contribution in [1.29, 1.82) is 0 Å². The fourth-order valence-corrected chi connectivity index (χ4v) is 3.46. The van der Waals surface area contributed by atoms with Crippen LogP contribution in [0.3, 0.4) is 0 Å². The van der Waals surface area contributed by atoms with Crippen LogP contribution in [0, 0.1) is 6.92 Å². The molecule has 0 amide bonds. The van der Waals surface area contributed by atoms with E-state index in [1.807, 2.05) is 22.7 Å². The first kappa shape index (κ1) is 14.8. The molecule has 3 nitrogen and oxygen atoms in total. The molecule has 0 aliphatic carbocycles. The third kappa shape index (κ3) is 2.16. The average molecular weight is 315 g/mol. The van der Waals surface area contributed by atoms with Crippen molar-refractivity contribution in [3.63, 3.8) is 0 Å². The second-order valence-corrected chi connectivity index (χ2v) is 6.30. The minimum Gasteiger partial charge on any atom is -0.383 e. The van der Waals surface area contributed by atoms with Crippen molar-refractivity contribution in [2.45, 2.75) is 26.7 Å². The summed E-state index contributed by atoms with van der Waals surface area (Å²) >= 11 is 0. The summed E-state index contributed by atoms with van der Waals surface area (Å²) < 4.78 is 2.00. The Labute approximate surface area is 141 Å². The van der Waals surface area contributed by atoms with E-state index in [4.69, 9.17) is 10.7 Å². The van der Waals surface area contributed by atoms with Crippen LogP contribution in [0.15, 0.2) is 54.7 Å². The zero-order valence-electron chi connectivity index (χ0n) is 14.1. The van der Waals surface area contributed by atoms with Gasteiger partial charge in [0.2, 0.25) is 0 Å². The molecule has 0 unspecified atom stereocenters. The molecule has 0 radical (unpaired) electrons. The minimum atomic E-state index is 0.696. The first-order valence-corrected chi connectivity index (χ1v) is 8.45. The van der Waals surface area contributed by atoms with Gasteiger partial charge in [0, 0.05) is 17.1 Å². The standard InChI is InChI=1S/C21H21N3/c1-3-7-15-9-6-11-18-17(15)12-13-24-20(22)19(23-21(18)24)16-10-5-4-8-14(16)2/h4-6,8-13H,3,7,22H2,1-2H3. The molecule has 4 rings (SSSR count). The highest BCUT2D eigenvalue weighted by Gasteiger charge is 2.15. The van der Waals surface area contributed by atoms with Crippen molar-refractivity contribution in [2.24, 2.45) is 0 Å². The van der Waals surface area contributed by atoms with Crippen LogP contribution >= 0.6 is 0 Å². The number of nitrogens with zero attached hydrogens (tertiary/aromatic N) is 2. The van der Waals surface area contributed by atoms with Crippen LogP contribution in [-0.2, 0) is 6.42 Å². The number of rotatable bonds is 3. The van der Waals surface area contributed by atoms with Crippen molar-refractivity contribution in [3.05, 3.63) is 65.9 Å². The fourth-order valence-electron chi connectivity index (χ4n) is 3.46. The van der Waals surface area contributed by atoms with Crippen molar-refractivity contribution in [1.82, 2.24) is 9.38 Å². The van der Waals surface area contributed by atoms with E-state index in [0.717, 1.165) is 35.1 Å². The second-order valence-electron chi connectivity index (χ2n) is 6.30. The number of aryl methyl sites for hydroxylation is 2. The zero-order chi connectivity index (χ0) is 16.7. The van der Waals surface area contributed by atoms with Crippen LogP contribution in [0.2, 0.25) is 0 Å². The molecular weight excluding hydrogens is 294 g/mol. The van der Waals surface area contributed by atoms with Gasteiger partial charge in [-0.3, -0.25) is 4.40 Å². The smallest absolute Gasteiger partial charge is 0.147 e. The number of fused-ring (bicyclic) bond motifs is 3. The van der Waals surface area contributed by atoms with Crippen molar-refractivity contribution >= 4 is 22.2 Å². The molecule has 3 heteroatoms. The lowest BCUT2D eigenvalue weighted by Crippen LogP contribution is -1.95. The largest absolute Gasteiger partial charge is 0.383 e. The quantitative estimate of drug-likeness (QED) is 0.578. The van der Waals surface area contributed by atoms with E-state index in [0.29, 0.717) is 5.82 Å². The van der Waals surface area contributed by atoms with E-state index in [2.05, 4.69) is 50.2 Å². The number of aromatic nitrogens is 2. The van der Waals surface area contributed by atoms with E-state index in [1.54, 1.807) is 0 Å². The lowest BCUT2D eigenvalue weighted by Gasteiger charge is -2.07. The monoisotopic (exact) mass is 315 g/mol. The van der Waals surface area contributed by atoms with Crippen LogP contribution in [0.1, 0.15) is 24.5 Å². The summed E-state index contributed by atoms with van der Waals surface area (Å²) in [5.41, 5.74) is 11.9. The van der Waals surface area contributed by atoms with Crippen molar-refractivity contribution in [3.8, 4) is 11.3 Å². The summed E-state index contributed by atoms with van der Waals surface area (Å²) in [5, 5.41) is 2.43. The van der Waals surface area contributed by atoms with Crippen LogP contribution in [0.25, 0.3) is 27.7 Å². The van der Waals surface area contributed by atoms with Crippen molar-refractivity contribution in [2.75, 3.05) is 5.73 Å². The van der Waals surface area contributed by atoms with Crippen molar-refractivity contribution < 1.29 is 0 Å². The summed E-state index contributed by atoms with van der Waals surface area (Å²) in [5.74, 6) is 0.696. The molecule has 120 valence electrons. The molecule has 0 atom stereocenters. The molecule has 24 heavy (non-hydrogen) atoms. The molecule has 2 aromatic carbocycles. The Morgan fingerprint density at radius 1 is 1.00 bits per heavy atom. The Morgan fingerprint density at radius 3 is 2.62 bits per heavy atom. The molecule has 0 aliphatic heterocycles. The van der Waals surface area contributed by atoms with E-state index in [1.165, 1.54) is 16.5 Å². The molecule has 0 spiro atoms. The second kappa shape index (κ2) is 5.68. The number of nitrogen functional groups attached to an aromatic ring is 1. The molecule has 0 saturated heterocycles. The molecule has 4 aromatic rings. The molecular formula is C21H21N3. The van der Waals surface area contributed by atoms with Gasteiger partial charge < -0.3 is 5.73 Å². The topological polar surface area (TPSA) is 43.3 Å². The lowest BCUT2D eigenvalue weighted by atomic mass is 10.0. The molecule has 0 bridgehead atoms. The summed E-state index contributed by atoms with van der Waals surface area (Å²) in [6, 6.07) is 16.9. The first-order chi connectivity index (χ1) is 11.7. The van der Waals surface area contributed by atoms with Gasteiger partial charge in [0.05, 0.1) is 0 Å². The molecule has 0 fully saturated rings. The van der Waals surface area contributed by atoms with Gasteiger partial charge in [0.25, 0.3) is 0 Å². The highest BCUT2D eigenvalue weighted by molar-refractivity contribution is 5.98. The number of benzene rings is 2. The Balaban J connectivity index is 2.03. The first-order valence-electron chi connectivity index (χ1n) is 8.45. The van der Waals surface area contributed by atoms with Gasteiger partial charge >= 0.3 is 0 Å². The fraction of sp³-hybridized carbons (Fsp3) is 0.190. The maximum Gasteiger partial charge on any atom is 0.147 e. The predicted octanol–water partition coefficient (Wildman–Crippen LogP) is 5.00. The molecule has 2 heterocycles. The van der Waals surface area contributed by atoms with Gasteiger partial charge in [-0.25, -0.2) is 4.98 Å². The van der Waals surface area contributed by atoms with Crippen LogP contribution in [0.5, 0.6) is 0 Å². The predicted molar refractivity (Wildman–Crippen MR) is 101 cm³/mol. The van der Waals surface area contributed by atoms with E-state index in [9.17, 15) is 0 Å². The van der Waals surface area contributed by atoms with Gasteiger partial charge in [-0.05, 0) is 35.9 Å². The summed E-state index contributed by atoms with van der Waals surface area (Å²) in [6.07, 6.45) is 4.25. The van der Waals surface area contributed by atoms with Gasteiger partial charge in [-0.15, -0.1) is 0 Å². The minimum absolute atomic E-state index is 0.696. The highest BCUT2D eigenvalue weighted by atomic mass is 15.1. The van der Waals surface area contributed by atoms with Crippen LogP contribution in [0.4, 0.5) is 5.82 Å². The Bertz CT molecular complexity index is 1040. The maximum atomic E-state index is 6.43.